The van der Waals surface area contributed by atoms with Crippen molar-refractivity contribution in [1.29, 1.82) is 0 Å². The molecule has 1 aromatic carbocycles. The number of sulfone groups is 1. The SMILES string of the molecule is Cc1cccc(NC(=O)CCN(C)C2CCS(=O)(=O)C2)c1. The number of rotatable bonds is 5. The van der Waals surface area contributed by atoms with Gasteiger partial charge in [-0.25, -0.2) is 8.42 Å². The van der Waals surface area contributed by atoms with E-state index in [0.717, 1.165) is 11.3 Å². The van der Waals surface area contributed by atoms with Gasteiger partial charge in [0.25, 0.3) is 0 Å². The van der Waals surface area contributed by atoms with Gasteiger partial charge in [-0.1, -0.05) is 12.1 Å². The van der Waals surface area contributed by atoms with Gasteiger partial charge in [0.15, 0.2) is 9.84 Å². The van der Waals surface area contributed by atoms with Crippen molar-refractivity contribution in [3.05, 3.63) is 29.8 Å². The lowest BCUT2D eigenvalue weighted by Gasteiger charge is -2.22. The maximum Gasteiger partial charge on any atom is 0.225 e. The lowest BCUT2D eigenvalue weighted by molar-refractivity contribution is -0.116. The minimum Gasteiger partial charge on any atom is -0.326 e. The van der Waals surface area contributed by atoms with Crippen molar-refractivity contribution in [3.8, 4) is 0 Å². The maximum absolute atomic E-state index is 11.9. The molecule has 1 aromatic rings. The summed E-state index contributed by atoms with van der Waals surface area (Å²) in [5, 5.41) is 2.86. The minimum absolute atomic E-state index is 0.0433. The third kappa shape index (κ3) is 4.82. The van der Waals surface area contributed by atoms with Crippen molar-refractivity contribution in [2.75, 3.05) is 30.4 Å². The van der Waals surface area contributed by atoms with Crippen LogP contribution in [0.1, 0.15) is 18.4 Å². The summed E-state index contributed by atoms with van der Waals surface area (Å²) in [4.78, 5) is 13.9. The molecule has 2 rings (SSSR count). The molecular formula is C15H22N2O3S. The predicted octanol–water partition coefficient (Wildman–Crippen LogP) is 1.44. The Labute approximate surface area is 126 Å². The molecule has 1 atom stereocenters. The van der Waals surface area contributed by atoms with Crippen molar-refractivity contribution in [2.45, 2.75) is 25.8 Å². The van der Waals surface area contributed by atoms with Gasteiger partial charge in [-0.05, 0) is 38.1 Å². The molecule has 1 amide bonds. The van der Waals surface area contributed by atoms with Gasteiger partial charge in [0.2, 0.25) is 5.91 Å². The number of amides is 1. The van der Waals surface area contributed by atoms with Gasteiger partial charge < -0.3 is 10.2 Å². The van der Waals surface area contributed by atoms with E-state index in [1.807, 2.05) is 43.1 Å². The van der Waals surface area contributed by atoms with Crippen LogP contribution in [0.4, 0.5) is 5.69 Å². The number of benzene rings is 1. The second-order valence-electron chi connectivity index (χ2n) is 5.71. The van der Waals surface area contributed by atoms with E-state index in [0.29, 0.717) is 19.4 Å². The monoisotopic (exact) mass is 310 g/mol. The Morgan fingerprint density at radius 2 is 2.19 bits per heavy atom. The lowest BCUT2D eigenvalue weighted by Crippen LogP contribution is -2.35. The third-order valence-corrected chi connectivity index (χ3v) is 5.58. The highest BCUT2D eigenvalue weighted by molar-refractivity contribution is 7.91. The average molecular weight is 310 g/mol. The van der Waals surface area contributed by atoms with Crippen LogP contribution >= 0.6 is 0 Å². The zero-order chi connectivity index (χ0) is 15.5. The zero-order valence-electron chi connectivity index (χ0n) is 12.5. The Kier molecular flexibility index (Phi) is 5.00. The Hall–Kier alpha value is -1.40. The van der Waals surface area contributed by atoms with Gasteiger partial charge in [-0.15, -0.1) is 0 Å². The molecule has 0 saturated carbocycles. The Morgan fingerprint density at radius 3 is 2.81 bits per heavy atom. The number of anilines is 1. The standard InChI is InChI=1S/C15H22N2O3S/c1-12-4-3-5-13(10-12)16-15(18)6-8-17(2)14-7-9-21(19,20)11-14/h3-5,10,14H,6-9,11H2,1-2H3,(H,16,18). The second-order valence-corrected chi connectivity index (χ2v) is 7.93. The highest BCUT2D eigenvalue weighted by Crippen LogP contribution is 2.16. The largest absolute Gasteiger partial charge is 0.326 e. The first-order valence-electron chi connectivity index (χ1n) is 7.13. The second kappa shape index (κ2) is 6.58. The normalized spacial score (nSPS) is 20.6. The van der Waals surface area contributed by atoms with E-state index in [1.54, 1.807) is 0 Å². The van der Waals surface area contributed by atoms with Crippen molar-refractivity contribution in [3.63, 3.8) is 0 Å². The summed E-state index contributed by atoms with van der Waals surface area (Å²) in [6, 6.07) is 7.70. The van der Waals surface area contributed by atoms with E-state index < -0.39 is 9.84 Å². The quantitative estimate of drug-likeness (QED) is 0.894. The van der Waals surface area contributed by atoms with E-state index in [9.17, 15) is 13.2 Å². The van der Waals surface area contributed by atoms with Crippen LogP contribution in [0.2, 0.25) is 0 Å². The van der Waals surface area contributed by atoms with Gasteiger partial charge in [0.05, 0.1) is 11.5 Å². The molecule has 0 spiro atoms. The maximum atomic E-state index is 11.9. The van der Waals surface area contributed by atoms with Crippen molar-refractivity contribution in [2.24, 2.45) is 0 Å². The van der Waals surface area contributed by atoms with Gasteiger partial charge in [-0.3, -0.25) is 4.79 Å². The number of nitrogens with one attached hydrogen (secondary N) is 1. The molecule has 0 aromatic heterocycles. The van der Waals surface area contributed by atoms with Crippen LogP contribution < -0.4 is 5.32 Å². The van der Waals surface area contributed by atoms with Crippen LogP contribution in [-0.4, -0.2) is 50.4 Å². The average Bonchev–Trinajstić information content (AvgIpc) is 2.76. The third-order valence-electron chi connectivity index (χ3n) is 3.83. The first-order valence-corrected chi connectivity index (χ1v) is 8.95. The fourth-order valence-electron chi connectivity index (χ4n) is 2.53. The topological polar surface area (TPSA) is 66.5 Å². The summed E-state index contributed by atoms with van der Waals surface area (Å²) in [5.74, 6) is 0.425. The lowest BCUT2D eigenvalue weighted by atomic mass is 10.2. The van der Waals surface area contributed by atoms with Crippen LogP contribution in [0.15, 0.2) is 24.3 Å². The summed E-state index contributed by atoms with van der Waals surface area (Å²) >= 11 is 0. The van der Waals surface area contributed by atoms with E-state index in [4.69, 9.17) is 0 Å². The molecule has 0 aliphatic carbocycles. The molecule has 1 aliphatic rings. The van der Waals surface area contributed by atoms with Crippen molar-refractivity contribution < 1.29 is 13.2 Å². The van der Waals surface area contributed by atoms with Gasteiger partial charge >= 0.3 is 0 Å². The number of nitrogens with zero attached hydrogens (tertiary/aromatic N) is 1. The highest BCUT2D eigenvalue weighted by Gasteiger charge is 2.30. The Bertz CT molecular complexity index is 613. The molecule has 1 saturated heterocycles. The van der Waals surface area contributed by atoms with Gasteiger partial charge in [-0.2, -0.15) is 0 Å². The molecule has 1 aliphatic heterocycles. The van der Waals surface area contributed by atoms with Crippen LogP contribution in [-0.2, 0) is 14.6 Å². The Balaban J connectivity index is 1.79. The Morgan fingerprint density at radius 1 is 1.43 bits per heavy atom. The van der Waals surface area contributed by atoms with E-state index in [1.165, 1.54) is 0 Å². The van der Waals surface area contributed by atoms with E-state index >= 15 is 0 Å². The summed E-state index contributed by atoms with van der Waals surface area (Å²) in [6.07, 6.45) is 1.03. The van der Waals surface area contributed by atoms with Crippen LogP contribution in [0.3, 0.4) is 0 Å². The fraction of sp³-hybridized carbons (Fsp3) is 0.533. The molecule has 1 fully saturated rings. The van der Waals surface area contributed by atoms with Crippen molar-refractivity contribution in [1.82, 2.24) is 4.90 Å². The summed E-state index contributed by atoms with van der Waals surface area (Å²) < 4.78 is 22.9. The predicted molar refractivity (Wildman–Crippen MR) is 84.1 cm³/mol. The summed E-state index contributed by atoms with van der Waals surface area (Å²) in [5.41, 5.74) is 1.90. The molecule has 116 valence electrons. The molecule has 1 unspecified atom stereocenters. The first-order chi connectivity index (χ1) is 9.85. The zero-order valence-corrected chi connectivity index (χ0v) is 13.3. The number of carbonyl (C=O) groups is 1. The van der Waals surface area contributed by atoms with E-state index in [-0.39, 0.29) is 23.5 Å². The summed E-state index contributed by atoms with van der Waals surface area (Å²) in [6.45, 7) is 2.54. The molecule has 1 N–H and O–H groups in total. The summed E-state index contributed by atoms with van der Waals surface area (Å²) in [7, 11) is -0.994. The number of carbonyl (C=O) groups excluding carboxylic acids is 1. The van der Waals surface area contributed by atoms with Crippen LogP contribution in [0.5, 0.6) is 0 Å². The number of hydrogen-bond acceptors (Lipinski definition) is 4. The van der Waals surface area contributed by atoms with Crippen molar-refractivity contribution >= 4 is 21.4 Å². The molecule has 6 heteroatoms. The van der Waals surface area contributed by atoms with Crippen LogP contribution in [0, 0.1) is 6.92 Å². The number of hydrogen-bond donors (Lipinski definition) is 1. The highest BCUT2D eigenvalue weighted by atomic mass is 32.2. The first kappa shape index (κ1) is 16.0. The molecule has 0 radical (unpaired) electrons. The van der Waals surface area contributed by atoms with E-state index in [2.05, 4.69) is 5.32 Å². The molecule has 5 nitrogen and oxygen atoms in total. The molecular weight excluding hydrogens is 288 g/mol. The molecule has 1 heterocycles. The minimum atomic E-state index is -2.87. The molecule has 21 heavy (non-hydrogen) atoms. The van der Waals surface area contributed by atoms with Gasteiger partial charge in [0.1, 0.15) is 0 Å². The van der Waals surface area contributed by atoms with Gasteiger partial charge in [0, 0.05) is 24.7 Å². The molecule has 0 bridgehead atoms. The smallest absolute Gasteiger partial charge is 0.225 e. The fourth-order valence-corrected chi connectivity index (χ4v) is 4.34. The van der Waals surface area contributed by atoms with Crippen LogP contribution in [0.25, 0.3) is 0 Å². The number of aryl methyl sites for hydroxylation is 1.